The van der Waals surface area contributed by atoms with E-state index in [2.05, 4.69) is 20.8 Å². The lowest BCUT2D eigenvalue weighted by molar-refractivity contribution is -0.134. The summed E-state index contributed by atoms with van der Waals surface area (Å²) in [5.74, 6) is -0.445. The van der Waals surface area contributed by atoms with E-state index in [9.17, 15) is 14.4 Å². The number of hydrogen-bond donors (Lipinski definition) is 2. The lowest BCUT2D eigenvalue weighted by atomic mass is 9.87. The minimum absolute atomic E-state index is 0.363. The normalized spacial score (nSPS) is 22.0. The Balaban J connectivity index is 1.47. The largest absolute Gasteiger partial charge is 0.325 e. The first kappa shape index (κ1) is 17.6. The molecular formula is C18H19N5O3S. The second kappa shape index (κ2) is 6.73. The van der Waals surface area contributed by atoms with Gasteiger partial charge in [0.1, 0.15) is 17.1 Å². The molecule has 1 saturated carbocycles. The Morgan fingerprint density at radius 3 is 2.70 bits per heavy atom. The number of amides is 4. The lowest BCUT2D eigenvalue weighted by Crippen LogP contribution is -2.44. The van der Waals surface area contributed by atoms with Gasteiger partial charge in [-0.25, -0.2) is 4.79 Å². The predicted molar refractivity (Wildman–Crippen MR) is 99.2 cm³/mol. The smallest absolute Gasteiger partial charge is 0.319 e. The average Bonchev–Trinajstić information content (AvgIpc) is 3.38. The Morgan fingerprint density at radius 2 is 2.04 bits per heavy atom. The maximum atomic E-state index is 13.0. The molecule has 4 amide bonds. The minimum atomic E-state index is -1.14. The molecule has 2 N–H and O–H groups in total. The van der Waals surface area contributed by atoms with Gasteiger partial charge >= 0.3 is 6.03 Å². The van der Waals surface area contributed by atoms with Gasteiger partial charge in [0.25, 0.3) is 5.91 Å². The molecule has 2 fully saturated rings. The van der Waals surface area contributed by atoms with Gasteiger partial charge in [-0.05, 0) is 24.8 Å². The van der Waals surface area contributed by atoms with E-state index in [-0.39, 0.29) is 6.54 Å². The summed E-state index contributed by atoms with van der Waals surface area (Å²) in [5.41, 5.74) is -0.438. The van der Waals surface area contributed by atoms with E-state index < -0.39 is 23.4 Å². The topological polar surface area (TPSA) is 104 Å². The Morgan fingerprint density at radius 1 is 1.30 bits per heavy atom. The first-order valence-corrected chi connectivity index (χ1v) is 9.68. The van der Waals surface area contributed by atoms with Crippen LogP contribution in [0.3, 0.4) is 0 Å². The van der Waals surface area contributed by atoms with Crippen LogP contribution in [0.2, 0.25) is 0 Å². The summed E-state index contributed by atoms with van der Waals surface area (Å²) in [6.07, 6.45) is 2.59. The molecule has 0 radical (unpaired) electrons. The maximum absolute atomic E-state index is 13.0. The maximum Gasteiger partial charge on any atom is 0.325 e. The summed E-state index contributed by atoms with van der Waals surface area (Å²) in [5, 5.41) is 14.7. The Bertz CT molecular complexity index is 895. The van der Waals surface area contributed by atoms with Crippen molar-refractivity contribution in [2.45, 2.75) is 37.6 Å². The number of anilines is 1. The molecule has 27 heavy (non-hydrogen) atoms. The molecular weight excluding hydrogens is 366 g/mol. The van der Waals surface area contributed by atoms with Gasteiger partial charge < -0.3 is 5.32 Å². The highest BCUT2D eigenvalue weighted by molar-refractivity contribution is 7.15. The van der Waals surface area contributed by atoms with Crippen LogP contribution in [0, 0.1) is 0 Å². The predicted octanol–water partition coefficient (Wildman–Crippen LogP) is 2.21. The van der Waals surface area contributed by atoms with Crippen molar-refractivity contribution in [1.29, 1.82) is 0 Å². The summed E-state index contributed by atoms with van der Waals surface area (Å²) in [6.45, 7) is 1.47. The molecule has 2 aromatic rings. The van der Waals surface area contributed by atoms with Crippen LogP contribution in [0.1, 0.15) is 42.7 Å². The Kier molecular flexibility index (Phi) is 4.39. The molecule has 2 heterocycles. The van der Waals surface area contributed by atoms with Crippen LogP contribution in [-0.2, 0) is 15.1 Å². The summed E-state index contributed by atoms with van der Waals surface area (Å²) >= 11 is 1.33. The third-order valence-electron chi connectivity index (χ3n) is 4.89. The van der Waals surface area contributed by atoms with Crippen LogP contribution in [0.5, 0.6) is 0 Å². The van der Waals surface area contributed by atoms with Crippen molar-refractivity contribution in [3.8, 4) is 0 Å². The molecule has 1 aromatic heterocycles. The first-order valence-electron chi connectivity index (χ1n) is 8.86. The number of carbonyl (C=O) groups excluding carboxylic acids is 3. The average molecular weight is 385 g/mol. The Labute approximate surface area is 160 Å². The van der Waals surface area contributed by atoms with E-state index in [0.29, 0.717) is 23.0 Å². The summed E-state index contributed by atoms with van der Waals surface area (Å²) in [7, 11) is 0. The number of aromatic nitrogens is 2. The molecule has 8 nitrogen and oxygen atoms in total. The van der Waals surface area contributed by atoms with Crippen molar-refractivity contribution in [3.05, 3.63) is 40.9 Å². The van der Waals surface area contributed by atoms with Gasteiger partial charge in [0.15, 0.2) is 0 Å². The van der Waals surface area contributed by atoms with Crippen LogP contribution in [-0.4, -0.2) is 39.5 Å². The van der Waals surface area contributed by atoms with Crippen LogP contribution >= 0.6 is 11.3 Å². The fourth-order valence-corrected chi connectivity index (χ4v) is 4.14. The fourth-order valence-electron chi connectivity index (χ4n) is 3.21. The van der Waals surface area contributed by atoms with Gasteiger partial charge in [0, 0.05) is 5.92 Å². The Hall–Kier alpha value is -2.81. The molecule has 4 rings (SSSR count). The van der Waals surface area contributed by atoms with Crippen LogP contribution in [0.15, 0.2) is 30.3 Å². The molecule has 9 heteroatoms. The monoisotopic (exact) mass is 385 g/mol. The molecule has 2 aliphatic rings. The van der Waals surface area contributed by atoms with Gasteiger partial charge in [0.2, 0.25) is 11.0 Å². The van der Waals surface area contributed by atoms with Crippen molar-refractivity contribution in [3.63, 3.8) is 0 Å². The molecule has 0 unspecified atom stereocenters. The van der Waals surface area contributed by atoms with E-state index in [1.807, 2.05) is 25.1 Å². The van der Waals surface area contributed by atoms with Crippen molar-refractivity contribution in [1.82, 2.24) is 20.4 Å². The molecule has 1 aromatic carbocycles. The number of urea groups is 1. The molecule has 1 atom stereocenters. The van der Waals surface area contributed by atoms with E-state index >= 15 is 0 Å². The van der Waals surface area contributed by atoms with Crippen LogP contribution in [0.4, 0.5) is 9.93 Å². The zero-order valence-corrected chi connectivity index (χ0v) is 15.6. The van der Waals surface area contributed by atoms with Crippen LogP contribution < -0.4 is 10.6 Å². The van der Waals surface area contributed by atoms with Gasteiger partial charge in [-0.2, -0.15) is 0 Å². The molecule has 0 bridgehead atoms. The molecule has 140 valence electrons. The van der Waals surface area contributed by atoms with Crippen molar-refractivity contribution < 1.29 is 14.4 Å². The highest BCUT2D eigenvalue weighted by Gasteiger charge is 2.51. The van der Waals surface area contributed by atoms with Gasteiger partial charge in [0.05, 0.1) is 0 Å². The number of rotatable bonds is 6. The third-order valence-corrected chi connectivity index (χ3v) is 5.89. The highest BCUT2D eigenvalue weighted by Crippen LogP contribution is 2.42. The fraction of sp³-hybridized carbons (Fsp3) is 0.389. The molecule has 1 aliphatic carbocycles. The van der Waals surface area contributed by atoms with E-state index in [4.69, 9.17) is 0 Å². The zero-order valence-electron chi connectivity index (χ0n) is 14.8. The molecule has 1 saturated heterocycles. The number of hydrogen-bond acceptors (Lipinski definition) is 6. The number of imide groups is 1. The van der Waals surface area contributed by atoms with E-state index in [1.165, 1.54) is 11.3 Å². The second-order valence-electron chi connectivity index (χ2n) is 6.71. The number of nitrogens with zero attached hydrogens (tertiary/aromatic N) is 3. The number of carbonyl (C=O) groups is 3. The highest BCUT2D eigenvalue weighted by atomic mass is 32.1. The van der Waals surface area contributed by atoms with Crippen molar-refractivity contribution >= 4 is 34.3 Å². The van der Waals surface area contributed by atoms with Gasteiger partial charge in [-0.3, -0.25) is 19.8 Å². The van der Waals surface area contributed by atoms with Crippen molar-refractivity contribution in [2.24, 2.45) is 0 Å². The zero-order chi connectivity index (χ0) is 19.0. The van der Waals surface area contributed by atoms with Gasteiger partial charge in [-0.1, -0.05) is 48.6 Å². The standard InChI is InChI=1S/C18H19N5O3S/c1-2-18(12-6-4-3-5-7-12)15(25)23(17(26)20-18)10-13(24)19-16-22-21-14(27-16)11-8-9-11/h3-7,11H,2,8-10H2,1H3,(H,20,26)(H,19,22,24)/t18-/m0/s1. The van der Waals surface area contributed by atoms with Gasteiger partial charge in [-0.15, -0.1) is 10.2 Å². The summed E-state index contributed by atoms with van der Waals surface area (Å²) < 4.78 is 0. The van der Waals surface area contributed by atoms with E-state index in [1.54, 1.807) is 12.1 Å². The van der Waals surface area contributed by atoms with E-state index in [0.717, 1.165) is 22.7 Å². The third kappa shape index (κ3) is 3.18. The lowest BCUT2D eigenvalue weighted by Gasteiger charge is -2.25. The minimum Gasteiger partial charge on any atom is -0.319 e. The first-order chi connectivity index (χ1) is 13.0. The SMILES string of the molecule is CC[C@@]1(c2ccccc2)NC(=O)N(CC(=O)Nc2nnc(C3CC3)s2)C1=O. The summed E-state index contributed by atoms with van der Waals surface area (Å²) in [6, 6.07) is 8.50. The number of benzene rings is 1. The molecule has 1 aliphatic heterocycles. The number of nitrogens with one attached hydrogen (secondary N) is 2. The summed E-state index contributed by atoms with van der Waals surface area (Å²) in [4.78, 5) is 38.7. The van der Waals surface area contributed by atoms with Crippen LogP contribution in [0.25, 0.3) is 0 Å². The van der Waals surface area contributed by atoms with Crippen molar-refractivity contribution in [2.75, 3.05) is 11.9 Å². The molecule has 0 spiro atoms. The second-order valence-corrected chi connectivity index (χ2v) is 7.72. The quantitative estimate of drug-likeness (QED) is 0.742.